The fourth-order valence-corrected chi connectivity index (χ4v) is 4.31. The lowest BCUT2D eigenvalue weighted by Crippen LogP contribution is -2.34. The van der Waals surface area contributed by atoms with Crippen LogP contribution in [0.25, 0.3) is 28.2 Å². The fraction of sp³-hybridized carbons (Fsp3) is 0.269. The summed E-state index contributed by atoms with van der Waals surface area (Å²) < 4.78 is 7.33. The van der Waals surface area contributed by atoms with Crippen LogP contribution in [0.2, 0.25) is 0 Å². The summed E-state index contributed by atoms with van der Waals surface area (Å²) in [6.45, 7) is 5.61. The first-order valence-electron chi connectivity index (χ1n) is 10.9. The van der Waals surface area contributed by atoms with Gasteiger partial charge in [0.25, 0.3) is 0 Å². The molecule has 0 unspecified atom stereocenters. The number of hydrogen-bond donors (Lipinski definition) is 1. The number of benzene rings is 2. The average Bonchev–Trinajstić information content (AvgIpc) is 3.34. The molecule has 162 valence electrons. The lowest BCUT2D eigenvalue weighted by molar-refractivity contribution is 0.0503. The molecule has 0 fully saturated rings. The van der Waals surface area contributed by atoms with E-state index in [1.165, 1.54) is 5.56 Å². The van der Waals surface area contributed by atoms with E-state index in [2.05, 4.69) is 40.7 Å². The Balaban J connectivity index is 1.51. The van der Waals surface area contributed by atoms with E-state index in [9.17, 15) is 4.79 Å². The number of hydrogen-bond acceptors (Lipinski definition) is 4. The van der Waals surface area contributed by atoms with Gasteiger partial charge in [0, 0.05) is 17.3 Å². The molecule has 2 aromatic heterocycles. The van der Waals surface area contributed by atoms with E-state index in [1.807, 2.05) is 55.6 Å². The first-order valence-corrected chi connectivity index (χ1v) is 10.9. The van der Waals surface area contributed by atoms with Crippen molar-refractivity contribution in [3.8, 4) is 22.5 Å². The molecule has 1 aliphatic carbocycles. The molecular formula is C26H26N4O2. The van der Waals surface area contributed by atoms with Crippen LogP contribution in [0.3, 0.4) is 0 Å². The molecule has 1 aliphatic rings. The Labute approximate surface area is 187 Å². The van der Waals surface area contributed by atoms with E-state index in [-0.39, 0.29) is 12.1 Å². The number of aromatic nitrogens is 3. The maximum Gasteiger partial charge on any atom is 0.408 e. The molecule has 32 heavy (non-hydrogen) atoms. The number of aryl methyl sites for hydroxylation is 1. The molecule has 2 heterocycles. The molecule has 2 aromatic carbocycles. The number of rotatable bonds is 3. The van der Waals surface area contributed by atoms with Gasteiger partial charge in [-0.05, 0) is 62.9 Å². The maximum atomic E-state index is 12.3. The van der Waals surface area contributed by atoms with Gasteiger partial charge < -0.3 is 10.1 Å². The summed E-state index contributed by atoms with van der Waals surface area (Å²) in [5.41, 5.74) is 6.66. The fourth-order valence-electron chi connectivity index (χ4n) is 4.31. The van der Waals surface area contributed by atoms with Gasteiger partial charge in [0.15, 0.2) is 5.65 Å². The van der Waals surface area contributed by atoms with E-state index in [4.69, 9.17) is 9.72 Å². The highest BCUT2D eigenvalue weighted by Crippen LogP contribution is 2.37. The predicted octanol–water partition coefficient (Wildman–Crippen LogP) is 5.58. The molecule has 0 radical (unpaired) electrons. The van der Waals surface area contributed by atoms with Crippen molar-refractivity contribution in [1.29, 1.82) is 0 Å². The third-order valence-electron chi connectivity index (χ3n) is 5.63. The van der Waals surface area contributed by atoms with Crippen molar-refractivity contribution < 1.29 is 9.53 Å². The van der Waals surface area contributed by atoms with E-state index in [0.717, 1.165) is 46.6 Å². The second-order valence-electron chi connectivity index (χ2n) is 9.12. The summed E-state index contributed by atoms with van der Waals surface area (Å²) in [5.74, 6) is 0. The highest BCUT2D eigenvalue weighted by molar-refractivity contribution is 5.82. The minimum Gasteiger partial charge on any atom is -0.444 e. The number of imidazole rings is 1. The highest BCUT2D eigenvalue weighted by atomic mass is 16.6. The van der Waals surface area contributed by atoms with Crippen LogP contribution in [-0.4, -0.2) is 26.3 Å². The number of amides is 1. The molecule has 6 heteroatoms. The van der Waals surface area contributed by atoms with E-state index < -0.39 is 5.60 Å². The van der Waals surface area contributed by atoms with Crippen LogP contribution in [0.5, 0.6) is 0 Å². The van der Waals surface area contributed by atoms with E-state index in [1.54, 1.807) is 6.20 Å². The Morgan fingerprint density at radius 1 is 1.06 bits per heavy atom. The second-order valence-corrected chi connectivity index (χ2v) is 9.12. The van der Waals surface area contributed by atoms with Crippen LogP contribution in [-0.2, 0) is 11.2 Å². The molecular weight excluding hydrogens is 400 g/mol. The van der Waals surface area contributed by atoms with Gasteiger partial charge in [-0.1, -0.05) is 42.5 Å². The third-order valence-corrected chi connectivity index (χ3v) is 5.63. The predicted molar refractivity (Wildman–Crippen MR) is 124 cm³/mol. The third kappa shape index (κ3) is 3.84. The summed E-state index contributed by atoms with van der Waals surface area (Å²) >= 11 is 0. The van der Waals surface area contributed by atoms with E-state index >= 15 is 0 Å². The zero-order valence-corrected chi connectivity index (χ0v) is 18.5. The largest absolute Gasteiger partial charge is 0.444 e. The van der Waals surface area contributed by atoms with Gasteiger partial charge in [0.05, 0.1) is 11.7 Å². The van der Waals surface area contributed by atoms with Gasteiger partial charge in [-0.2, -0.15) is 5.10 Å². The van der Waals surface area contributed by atoms with Gasteiger partial charge >= 0.3 is 6.09 Å². The molecule has 1 atom stereocenters. The van der Waals surface area contributed by atoms with Crippen molar-refractivity contribution in [2.24, 2.45) is 0 Å². The monoisotopic (exact) mass is 426 g/mol. The molecule has 1 amide bonds. The summed E-state index contributed by atoms with van der Waals surface area (Å²) in [6.07, 6.45) is 3.16. The molecule has 5 rings (SSSR count). The molecule has 0 saturated heterocycles. The molecule has 4 aromatic rings. The van der Waals surface area contributed by atoms with Crippen LogP contribution in [0.15, 0.2) is 66.9 Å². The summed E-state index contributed by atoms with van der Waals surface area (Å²) in [7, 11) is 0. The smallest absolute Gasteiger partial charge is 0.408 e. The Morgan fingerprint density at radius 2 is 1.88 bits per heavy atom. The van der Waals surface area contributed by atoms with Crippen LogP contribution < -0.4 is 5.32 Å². The van der Waals surface area contributed by atoms with Gasteiger partial charge in [0.1, 0.15) is 11.3 Å². The second kappa shape index (κ2) is 7.79. The maximum absolute atomic E-state index is 12.3. The van der Waals surface area contributed by atoms with Crippen molar-refractivity contribution in [2.45, 2.75) is 45.3 Å². The van der Waals surface area contributed by atoms with Crippen molar-refractivity contribution >= 4 is 11.7 Å². The summed E-state index contributed by atoms with van der Waals surface area (Å²) in [4.78, 5) is 17.2. The summed E-state index contributed by atoms with van der Waals surface area (Å²) in [6, 6.07) is 20.4. The number of carbonyl (C=O) groups is 1. The highest BCUT2D eigenvalue weighted by Gasteiger charge is 2.27. The number of nitrogens with one attached hydrogen (secondary N) is 1. The Kier molecular flexibility index (Phi) is 4.93. The first kappa shape index (κ1) is 20.2. The lowest BCUT2D eigenvalue weighted by Gasteiger charge is -2.22. The molecule has 1 N–H and O–H groups in total. The van der Waals surface area contributed by atoms with Gasteiger partial charge in [-0.15, -0.1) is 0 Å². The normalized spacial score (nSPS) is 15.5. The first-order chi connectivity index (χ1) is 15.4. The van der Waals surface area contributed by atoms with Crippen molar-refractivity contribution in [2.75, 3.05) is 0 Å². The zero-order chi connectivity index (χ0) is 22.3. The minimum absolute atomic E-state index is 0.0368. The summed E-state index contributed by atoms with van der Waals surface area (Å²) in [5, 5.41) is 7.56. The van der Waals surface area contributed by atoms with Crippen molar-refractivity contribution in [1.82, 2.24) is 19.9 Å². The standard InChI is InChI=1S/C26H26N4O2/c1-26(2,3)32-25(31)28-21-14-12-18-16-19(11-13-20(18)21)23-24(17-8-5-4-6-9-17)30-22(29-23)10-7-15-27-30/h4-11,13,15-16,21H,12,14H2,1-3H3,(H,28,31)/t21-/m0/s1. The van der Waals surface area contributed by atoms with Crippen LogP contribution in [0, 0.1) is 0 Å². The number of nitrogens with zero attached hydrogens (tertiary/aromatic N) is 3. The van der Waals surface area contributed by atoms with Crippen LogP contribution in [0.1, 0.15) is 44.4 Å². The van der Waals surface area contributed by atoms with Crippen LogP contribution >= 0.6 is 0 Å². The van der Waals surface area contributed by atoms with Gasteiger partial charge in [-0.25, -0.2) is 14.3 Å². The zero-order valence-electron chi connectivity index (χ0n) is 18.5. The van der Waals surface area contributed by atoms with Crippen molar-refractivity contribution in [3.05, 3.63) is 78.0 Å². The average molecular weight is 427 g/mol. The molecule has 0 aliphatic heterocycles. The molecule has 0 saturated carbocycles. The Hall–Kier alpha value is -3.67. The van der Waals surface area contributed by atoms with Crippen molar-refractivity contribution in [3.63, 3.8) is 0 Å². The number of fused-ring (bicyclic) bond motifs is 2. The number of carbonyl (C=O) groups excluding carboxylic acids is 1. The van der Waals surface area contributed by atoms with Gasteiger partial charge in [-0.3, -0.25) is 0 Å². The lowest BCUT2D eigenvalue weighted by atomic mass is 10.00. The molecule has 0 spiro atoms. The number of ether oxygens (including phenoxy) is 1. The minimum atomic E-state index is -0.514. The molecule has 0 bridgehead atoms. The molecule has 6 nitrogen and oxygen atoms in total. The number of alkyl carbamates (subject to hydrolysis) is 1. The Morgan fingerprint density at radius 3 is 2.66 bits per heavy atom. The van der Waals surface area contributed by atoms with E-state index in [0.29, 0.717) is 0 Å². The topological polar surface area (TPSA) is 68.5 Å². The Bertz CT molecular complexity index is 1290. The van der Waals surface area contributed by atoms with Gasteiger partial charge in [0.2, 0.25) is 0 Å². The SMILES string of the molecule is CC(C)(C)OC(=O)N[C@H]1CCc2cc(-c3nc4cccnn4c3-c3ccccc3)ccc21. The van der Waals surface area contributed by atoms with Crippen LogP contribution in [0.4, 0.5) is 4.79 Å². The quantitative estimate of drug-likeness (QED) is 0.465.